The van der Waals surface area contributed by atoms with E-state index in [1.165, 1.54) is 51.4 Å². The van der Waals surface area contributed by atoms with E-state index in [0.29, 0.717) is 0 Å². The van der Waals surface area contributed by atoms with Gasteiger partial charge in [0.2, 0.25) is 0 Å². The molecular weight excluding hydrogens is 291 g/mol. The molecule has 0 N–H and O–H groups in total. The molecule has 2 aromatic rings. The third-order valence-electron chi connectivity index (χ3n) is 4.52. The zero-order valence-electron chi connectivity index (χ0n) is 12.7. The van der Waals surface area contributed by atoms with Gasteiger partial charge in [-0.3, -0.25) is 0 Å². The van der Waals surface area contributed by atoms with E-state index in [4.69, 9.17) is 0 Å². The molecule has 0 fully saturated rings. The minimum atomic E-state index is 0. The van der Waals surface area contributed by atoms with Gasteiger partial charge >= 0.3 is 0 Å². The standard InChI is InChI=1S/2C10H12.V/c2*1-2-6-10-8-4-3-7-9(10)5-1;/h2*1-2,5-6H,3-4,7-8H2;. The summed E-state index contributed by atoms with van der Waals surface area (Å²) in [7, 11) is 0. The Morgan fingerprint density at radius 2 is 0.667 bits per heavy atom. The molecule has 2 aliphatic rings. The molecule has 0 heterocycles. The van der Waals surface area contributed by atoms with Crippen LogP contribution in [0.5, 0.6) is 0 Å². The third kappa shape index (κ3) is 4.49. The molecule has 2 aromatic carbocycles. The number of aryl methyl sites for hydroxylation is 4. The maximum absolute atomic E-state index is 2.26. The van der Waals surface area contributed by atoms with E-state index in [1.807, 2.05) is 0 Å². The van der Waals surface area contributed by atoms with Gasteiger partial charge in [-0.2, -0.15) is 0 Å². The van der Waals surface area contributed by atoms with Crippen LogP contribution < -0.4 is 0 Å². The van der Waals surface area contributed by atoms with Crippen molar-refractivity contribution in [2.75, 3.05) is 0 Å². The summed E-state index contributed by atoms with van der Waals surface area (Å²) in [5.41, 5.74) is 6.31. The van der Waals surface area contributed by atoms with Crippen LogP contribution in [0.2, 0.25) is 0 Å². The molecule has 0 unspecified atom stereocenters. The molecule has 0 amide bonds. The molecule has 0 aromatic heterocycles. The first kappa shape index (κ1) is 16.4. The van der Waals surface area contributed by atoms with E-state index in [1.54, 1.807) is 22.3 Å². The number of fused-ring (bicyclic) bond motifs is 2. The van der Waals surface area contributed by atoms with Gasteiger partial charge in [-0.1, -0.05) is 48.5 Å². The van der Waals surface area contributed by atoms with Gasteiger partial charge in [0.1, 0.15) is 0 Å². The van der Waals surface area contributed by atoms with Crippen LogP contribution in [0.4, 0.5) is 0 Å². The minimum absolute atomic E-state index is 0. The average Bonchev–Trinajstić information content (AvgIpc) is 2.56. The quantitative estimate of drug-likeness (QED) is 0.632. The second-order valence-electron chi connectivity index (χ2n) is 5.95. The fourth-order valence-electron chi connectivity index (χ4n) is 3.35. The van der Waals surface area contributed by atoms with Gasteiger partial charge in [-0.05, 0) is 73.6 Å². The molecule has 4 rings (SSSR count). The predicted octanol–water partition coefficient (Wildman–Crippen LogP) is 5.13. The van der Waals surface area contributed by atoms with Gasteiger partial charge in [0, 0.05) is 18.6 Å². The van der Waals surface area contributed by atoms with Crippen molar-refractivity contribution in [3.63, 3.8) is 0 Å². The number of hydrogen-bond donors (Lipinski definition) is 0. The van der Waals surface area contributed by atoms with E-state index in [2.05, 4.69) is 48.5 Å². The molecule has 1 radical (unpaired) electrons. The molecule has 1 heteroatoms. The monoisotopic (exact) mass is 315 g/mol. The van der Waals surface area contributed by atoms with Crippen molar-refractivity contribution in [1.82, 2.24) is 0 Å². The maximum atomic E-state index is 2.26. The molecule has 21 heavy (non-hydrogen) atoms. The summed E-state index contributed by atoms with van der Waals surface area (Å²) in [4.78, 5) is 0. The molecule has 0 atom stereocenters. The number of benzene rings is 2. The van der Waals surface area contributed by atoms with Gasteiger partial charge in [0.25, 0.3) is 0 Å². The van der Waals surface area contributed by atoms with E-state index >= 15 is 0 Å². The molecular formula is C20H24V. The molecule has 109 valence electrons. The predicted molar refractivity (Wildman–Crippen MR) is 86.2 cm³/mol. The second-order valence-corrected chi connectivity index (χ2v) is 5.95. The Hall–Kier alpha value is -0.976. The second kappa shape index (κ2) is 8.46. The van der Waals surface area contributed by atoms with Crippen molar-refractivity contribution in [3.05, 3.63) is 70.8 Å². The Bertz CT molecular complexity index is 458. The normalized spacial score (nSPS) is 15.6. The fraction of sp³-hybridized carbons (Fsp3) is 0.400. The summed E-state index contributed by atoms with van der Waals surface area (Å²) < 4.78 is 0. The van der Waals surface area contributed by atoms with Gasteiger partial charge in [-0.25, -0.2) is 0 Å². The van der Waals surface area contributed by atoms with Crippen molar-refractivity contribution in [1.29, 1.82) is 0 Å². The smallest absolute Gasteiger partial charge is 0 e. The van der Waals surface area contributed by atoms with Gasteiger partial charge in [-0.15, -0.1) is 0 Å². The van der Waals surface area contributed by atoms with Crippen LogP contribution in [-0.2, 0) is 44.2 Å². The van der Waals surface area contributed by atoms with Gasteiger partial charge in [0.15, 0.2) is 0 Å². The first-order valence-corrected chi connectivity index (χ1v) is 8.07. The molecule has 2 aliphatic carbocycles. The molecule has 0 bridgehead atoms. The summed E-state index contributed by atoms with van der Waals surface area (Å²) in [6.45, 7) is 0. The van der Waals surface area contributed by atoms with Crippen LogP contribution in [0, 0.1) is 0 Å². The molecule has 0 aliphatic heterocycles. The van der Waals surface area contributed by atoms with Crippen molar-refractivity contribution >= 4 is 0 Å². The zero-order chi connectivity index (χ0) is 13.6. The minimum Gasteiger partial charge on any atom is -0.0620 e. The first-order chi connectivity index (χ1) is 9.93. The van der Waals surface area contributed by atoms with Crippen molar-refractivity contribution < 1.29 is 18.6 Å². The van der Waals surface area contributed by atoms with Crippen LogP contribution in [0.25, 0.3) is 0 Å². The van der Waals surface area contributed by atoms with Crippen molar-refractivity contribution in [2.45, 2.75) is 51.4 Å². The summed E-state index contributed by atoms with van der Waals surface area (Å²) in [5.74, 6) is 0. The largest absolute Gasteiger partial charge is 0.0620 e. The van der Waals surface area contributed by atoms with Gasteiger partial charge < -0.3 is 0 Å². The average molecular weight is 315 g/mol. The summed E-state index contributed by atoms with van der Waals surface area (Å²) >= 11 is 0. The maximum Gasteiger partial charge on any atom is 0 e. The van der Waals surface area contributed by atoms with Crippen LogP contribution >= 0.6 is 0 Å². The molecule has 0 spiro atoms. The Labute approximate surface area is 140 Å². The Balaban J connectivity index is 0.000000147. The number of hydrogen-bond acceptors (Lipinski definition) is 0. The fourth-order valence-corrected chi connectivity index (χ4v) is 3.35. The van der Waals surface area contributed by atoms with Crippen LogP contribution in [0.1, 0.15) is 47.9 Å². The zero-order valence-corrected chi connectivity index (χ0v) is 14.1. The van der Waals surface area contributed by atoms with Gasteiger partial charge in [0.05, 0.1) is 0 Å². The Morgan fingerprint density at radius 1 is 0.429 bits per heavy atom. The summed E-state index contributed by atoms with van der Waals surface area (Å²) in [5, 5.41) is 0. The molecule has 0 saturated heterocycles. The molecule has 0 nitrogen and oxygen atoms in total. The van der Waals surface area contributed by atoms with Crippen molar-refractivity contribution in [2.24, 2.45) is 0 Å². The number of rotatable bonds is 0. The van der Waals surface area contributed by atoms with E-state index in [9.17, 15) is 0 Å². The first-order valence-electron chi connectivity index (χ1n) is 8.07. The van der Waals surface area contributed by atoms with Crippen LogP contribution in [0.15, 0.2) is 48.5 Å². The summed E-state index contributed by atoms with van der Waals surface area (Å²) in [6.07, 6.45) is 10.8. The van der Waals surface area contributed by atoms with Crippen LogP contribution in [-0.4, -0.2) is 0 Å². The SMILES string of the molecule is [V].c1ccc2c(c1)CCCC2.c1ccc2c(c1)CCCC2. The topological polar surface area (TPSA) is 0 Å². The van der Waals surface area contributed by atoms with E-state index in [0.717, 1.165) is 0 Å². The van der Waals surface area contributed by atoms with Crippen molar-refractivity contribution in [3.8, 4) is 0 Å². The summed E-state index contributed by atoms with van der Waals surface area (Å²) in [6, 6.07) is 17.6. The third-order valence-corrected chi connectivity index (χ3v) is 4.52. The van der Waals surface area contributed by atoms with E-state index < -0.39 is 0 Å². The molecule has 0 saturated carbocycles. The van der Waals surface area contributed by atoms with Crippen LogP contribution in [0.3, 0.4) is 0 Å². The van der Waals surface area contributed by atoms with E-state index in [-0.39, 0.29) is 18.6 Å². The Kier molecular flexibility index (Phi) is 6.61. The Morgan fingerprint density at radius 3 is 0.905 bits per heavy atom.